The van der Waals surface area contributed by atoms with Gasteiger partial charge in [-0.15, -0.1) is 0 Å². The van der Waals surface area contributed by atoms with E-state index in [1.165, 1.54) is 10.9 Å². The Balaban J connectivity index is 2.71. The Bertz CT molecular complexity index is 502. The molecule has 1 aromatic heterocycles. The van der Waals surface area contributed by atoms with E-state index < -0.39 is 0 Å². The Morgan fingerprint density at radius 2 is 2.12 bits per heavy atom. The number of halogens is 1. The Morgan fingerprint density at radius 1 is 1.38 bits per heavy atom. The maximum absolute atomic E-state index is 6.26. The Kier molecular flexibility index (Phi) is 3.22. The van der Waals surface area contributed by atoms with Crippen molar-refractivity contribution in [3.8, 4) is 0 Å². The van der Waals surface area contributed by atoms with Crippen molar-refractivity contribution in [1.29, 1.82) is 0 Å². The van der Waals surface area contributed by atoms with Crippen LogP contribution in [0.4, 0.5) is 0 Å². The lowest BCUT2D eigenvalue weighted by Crippen LogP contribution is -1.98. The van der Waals surface area contributed by atoms with Gasteiger partial charge < -0.3 is 9.30 Å². The molecule has 86 valence electrons. The van der Waals surface area contributed by atoms with Crippen LogP contribution in [0, 0.1) is 0 Å². The Labute approximate surface area is 101 Å². The van der Waals surface area contributed by atoms with Crippen LogP contribution in [0.15, 0.2) is 24.4 Å². The van der Waals surface area contributed by atoms with E-state index in [1.807, 2.05) is 12.1 Å². The van der Waals surface area contributed by atoms with Crippen molar-refractivity contribution in [3.63, 3.8) is 0 Å². The SMILES string of the molecule is COCc1cn(C(C)C)c2c(Cl)cccc12. The van der Waals surface area contributed by atoms with Crippen molar-refractivity contribution in [1.82, 2.24) is 4.57 Å². The van der Waals surface area contributed by atoms with Crippen LogP contribution in [0.2, 0.25) is 5.02 Å². The molecule has 2 aromatic rings. The van der Waals surface area contributed by atoms with Gasteiger partial charge in [-0.05, 0) is 19.9 Å². The van der Waals surface area contributed by atoms with E-state index in [2.05, 4.69) is 30.7 Å². The smallest absolute Gasteiger partial charge is 0.0733 e. The molecule has 0 aliphatic heterocycles. The van der Waals surface area contributed by atoms with Gasteiger partial charge in [0.15, 0.2) is 0 Å². The molecule has 1 heterocycles. The van der Waals surface area contributed by atoms with E-state index in [0.29, 0.717) is 12.6 Å². The van der Waals surface area contributed by atoms with Crippen LogP contribution in [-0.2, 0) is 11.3 Å². The number of benzene rings is 1. The predicted molar refractivity (Wildman–Crippen MR) is 68.0 cm³/mol. The van der Waals surface area contributed by atoms with Gasteiger partial charge in [0.1, 0.15) is 0 Å². The zero-order valence-corrected chi connectivity index (χ0v) is 10.6. The van der Waals surface area contributed by atoms with Crippen LogP contribution in [0.5, 0.6) is 0 Å². The maximum Gasteiger partial charge on any atom is 0.0733 e. The first-order valence-electron chi connectivity index (χ1n) is 5.42. The molecule has 0 spiro atoms. The zero-order valence-electron chi connectivity index (χ0n) is 9.83. The summed E-state index contributed by atoms with van der Waals surface area (Å²) in [5.41, 5.74) is 2.29. The minimum atomic E-state index is 0.396. The highest BCUT2D eigenvalue weighted by atomic mass is 35.5. The van der Waals surface area contributed by atoms with E-state index in [4.69, 9.17) is 16.3 Å². The van der Waals surface area contributed by atoms with E-state index in [0.717, 1.165) is 10.5 Å². The summed E-state index contributed by atoms with van der Waals surface area (Å²) >= 11 is 6.26. The number of ether oxygens (including phenoxy) is 1. The molecule has 0 bridgehead atoms. The third-order valence-corrected chi connectivity index (χ3v) is 3.05. The van der Waals surface area contributed by atoms with Crippen molar-refractivity contribution in [2.75, 3.05) is 7.11 Å². The fourth-order valence-electron chi connectivity index (χ4n) is 2.02. The topological polar surface area (TPSA) is 14.2 Å². The molecule has 16 heavy (non-hydrogen) atoms. The summed E-state index contributed by atoms with van der Waals surface area (Å²) in [5.74, 6) is 0. The van der Waals surface area contributed by atoms with Crippen molar-refractivity contribution < 1.29 is 4.74 Å². The van der Waals surface area contributed by atoms with Crippen LogP contribution in [0.3, 0.4) is 0 Å². The fourth-order valence-corrected chi connectivity index (χ4v) is 2.29. The number of fused-ring (bicyclic) bond motifs is 1. The molecule has 0 N–H and O–H groups in total. The molecule has 0 radical (unpaired) electrons. The second kappa shape index (κ2) is 4.48. The molecule has 0 unspecified atom stereocenters. The van der Waals surface area contributed by atoms with Gasteiger partial charge in [-0.25, -0.2) is 0 Å². The van der Waals surface area contributed by atoms with Crippen molar-refractivity contribution >= 4 is 22.5 Å². The number of aromatic nitrogens is 1. The molecule has 0 saturated carbocycles. The summed E-state index contributed by atoms with van der Waals surface area (Å²) < 4.78 is 7.41. The predicted octanol–water partition coefficient (Wildman–Crippen LogP) is 4.02. The second-order valence-electron chi connectivity index (χ2n) is 4.22. The van der Waals surface area contributed by atoms with Gasteiger partial charge in [0, 0.05) is 30.3 Å². The molecule has 2 nitrogen and oxygen atoms in total. The number of hydrogen-bond donors (Lipinski definition) is 0. The summed E-state index contributed by atoms with van der Waals surface area (Å²) in [6.07, 6.45) is 2.13. The summed E-state index contributed by atoms with van der Waals surface area (Å²) in [4.78, 5) is 0. The van der Waals surface area contributed by atoms with Gasteiger partial charge in [-0.3, -0.25) is 0 Å². The highest BCUT2D eigenvalue weighted by Gasteiger charge is 2.12. The van der Waals surface area contributed by atoms with Gasteiger partial charge in [0.05, 0.1) is 17.1 Å². The summed E-state index contributed by atoms with van der Waals surface area (Å²) in [7, 11) is 1.71. The molecule has 3 heteroatoms. The maximum atomic E-state index is 6.26. The molecular formula is C13H16ClNO. The number of para-hydroxylation sites is 1. The average molecular weight is 238 g/mol. The highest BCUT2D eigenvalue weighted by molar-refractivity contribution is 6.35. The first-order valence-corrected chi connectivity index (χ1v) is 5.79. The number of methoxy groups -OCH3 is 1. The molecular weight excluding hydrogens is 222 g/mol. The third kappa shape index (κ3) is 1.83. The standard InChI is InChI=1S/C13H16ClNO/c1-9(2)15-7-10(8-16-3)11-5-4-6-12(14)13(11)15/h4-7,9H,8H2,1-3H3. The lowest BCUT2D eigenvalue weighted by atomic mass is 10.2. The van der Waals surface area contributed by atoms with Crippen molar-refractivity contribution in [3.05, 3.63) is 35.0 Å². The minimum Gasteiger partial charge on any atom is -0.380 e. The molecule has 0 atom stereocenters. The third-order valence-electron chi connectivity index (χ3n) is 2.74. The summed E-state index contributed by atoms with van der Waals surface area (Å²) in [5, 5.41) is 1.98. The Morgan fingerprint density at radius 3 is 2.75 bits per heavy atom. The van der Waals surface area contributed by atoms with Crippen molar-refractivity contribution in [2.45, 2.75) is 26.5 Å². The Hall–Kier alpha value is -0.990. The number of rotatable bonds is 3. The quantitative estimate of drug-likeness (QED) is 0.787. The molecule has 0 amide bonds. The highest BCUT2D eigenvalue weighted by Crippen LogP contribution is 2.30. The lowest BCUT2D eigenvalue weighted by Gasteiger charge is -2.09. The van der Waals surface area contributed by atoms with Gasteiger partial charge >= 0.3 is 0 Å². The van der Waals surface area contributed by atoms with Gasteiger partial charge in [0.2, 0.25) is 0 Å². The normalized spacial score (nSPS) is 11.6. The van der Waals surface area contributed by atoms with Crippen molar-refractivity contribution in [2.24, 2.45) is 0 Å². The van der Waals surface area contributed by atoms with Gasteiger partial charge in [-0.1, -0.05) is 23.7 Å². The molecule has 2 rings (SSSR count). The van der Waals surface area contributed by atoms with E-state index in [-0.39, 0.29) is 0 Å². The lowest BCUT2D eigenvalue weighted by molar-refractivity contribution is 0.185. The number of nitrogens with zero attached hydrogens (tertiary/aromatic N) is 1. The number of hydrogen-bond acceptors (Lipinski definition) is 1. The molecule has 0 aliphatic carbocycles. The summed E-state index contributed by atoms with van der Waals surface area (Å²) in [6, 6.07) is 6.40. The zero-order chi connectivity index (χ0) is 11.7. The monoisotopic (exact) mass is 237 g/mol. The largest absolute Gasteiger partial charge is 0.380 e. The van der Waals surface area contributed by atoms with Crippen LogP contribution in [0.25, 0.3) is 10.9 Å². The molecule has 0 saturated heterocycles. The molecule has 0 aliphatic rings. The molecule has 0 fully saturated rings. The minimum absolute atomic E-state index is 0.396. The van der Waals surface area contributed by atoms with Gasteiger partial charge in [-0.2, -0.15) is 0 Å². The van der Waals surface area contributed by atoms with E-state index >= 15 is 0 Å². The van der Waals surface area contributed by atoms with E-state index in [9.17, 15) is 0 Å². The van der Waals surface area contributed by atoms with Gasteiger partial charge in [0.25, 0.3) is 0 Å². The molecule has 1 aromatic carbocycles. The van der Waals surface area contributed by atoms with Crippen LogP contribution in [-0.4, -0.2) is 11.7 Å². The van der Waals surface area contributed by atoms with E-state index in [1.54, 1.807) is 7.11 Å². The first kappa shape index (κ1) is 11.5. The average Bonchev–Trinajstić information content (AvgIpc) is 2.60. The van der Waals surface area contributed by atoms with Crippen LogP contribution in [0.1, 0.15) is 25.5 Å². The first-order chi connectivity index (χ1) is 7.65. The van der Waals surface area contributed by atoms with Crippen LogP contribution >= 0.6 is 11.6 Å². The van der Waals surface area contributed by atoms with Crippen LogP contribution < -0.4 is 0 Å². The fraction of sp³-hybridized carbons (Fsp3) is 0.385. The summed E-state index contributed by atoms with van der Waals surface area (Å²) in [6.45, 7) is 4.93. The second-order valence-corrected chi connectivity index (χ2v) is 4.63.